The molecule has 0 heterocycles. The molecule has 0 aliphatic rings. The summed E-state index contributed by atoms with van der Waals surface area (Å²) in [7, 11) is 0. The third-order valence-electron chi connectivity index (χ3n) is 1.51. The monoisotopic (exact) mass is 176 g/mol. The summed E-state index contributed by atoms with van der Waals surface area (Å²) in [6.07, 6.45) is -1.16. The summed E-state index contributed by atoms with van der Waals surface area (Å²) in [6.45, 7) is 5.86. The maximum absolute atomic E-state index is 10.3. The maximum Gasteiger partial charge on any atom is 0.404 e. The minimum Gasteiger partial charge on any atom is -0.447 e. The van der Waals surface area contributed by atoms with Crippen LogP contribution in [-0.2, 0) is 9.57 Å². The van der Waals surface area contributed by atoms with E-state index in [2.05, 4.69) is 9.57 Å². The largest absolute Gasteiger partial charge is 0.447 e. The van der Waals surface area contributed by atoms with Crippen LogP contribution in [0.2, 0.25) is 0 Å². The lowest BCUT2D eigenvalue weighted by Gasteiger charge is -2.27. The molecule has 5 heteroatoms. The van der Waals surface area contributed by atoms with E-state index in [1.807, 2.05) is 20.8 Å². The Bertz CT molecular complexity index is 153. The number of hydrogen-bond acceptors (Lipinski definition) is 4. The first-order chi connectivity index (χ1) is 5.38. The number of carbonyl (C=O) groups excluding carboxylic acids is 1. The Labute approximate surface area is 72.0 Å². The van der Waals surface area contributed by atoms with Gasteiger partial charge in [0.25, 0.3) is 0 Å². The van der Waals surface area contributed by atoms with E-state index in [0.717, 1.165) is 0 Å². The maximum atomic E-state index is 10.3. The molecular formula is C7H16N2O3. The Morgan fingerprint density at radius 3 is 2.25 bits per heavy atom. The van der Waals surface area contributed by atoms with Crippen LogP contribution in [0.15, 0.2) is 0 Å². The molecule has 0 saturated heterocycles. The van der Waals surface area contributed by atoms with Crippen molar-refractivity contribution >= 4 is 6.09 Å². The van der Waals surface area contributed by atoms with Crippen LogP contribution in [0.25, 0.3) is 0 Å². The first-order valence-electron chi connectivity index (χ1n) is 3.65. The molecule has 0 aliphatic heterocycles. The quantitative estimate of drug-likeness (QED) is 0.609. The fourth-order valence-corrected chi connectivity index (χ4v) is 0.651. The molecule has 0 bridgehead atoms. The molecule has 5 nitrogen and oxygen atoms in total. The molecule has 0 rings (SSSR count). The second-order valence-corrected chi connectivity index (χ2v) is 3.62. The van der Waals surface area contributed by atoms with Crippen LogP contribution < -0.4 is 11.6 Å². The van der Waals surface area contributed by atoms with Gasteiger partial charge < -0.3 is 10.5 Å². The van der Waals surface area contributed by atoms with Gasteiger partial charge in [0, 0.05) is 0 Å². The Hall–Kier alpha value is -0.810. The van der Waals surface area contributed by atoms with Gasteiger partial charge in [0.2, 0.25) is 0 Å². The van der Waals surface area contributed by atoms with Gasteiger partial charge in [0.05, 0.1) is 0 Å². The lowest BCUT2D eigenvalue weighted by Crippen LogP contribution is -2.37. The zero-order valence-electron chi connectivity index (χ0n) is 7.66. The SMILES string of the molecule is CC(C)(C)C(COC(N)=O)ON. The van der Waals surface area contributed by atoms with Crippen molar-refractivity contribution in [1.82, 2.24) is 0 Å². The van der Waals surface area contributed by atoms with Crippen molar-refractivity contribution in [2.75, 3.05) is 6.61 Å². The molecule has 12 heavy (non-hydrogen) atoms. The van der Waals surface area contributed by atoms with Crippen LogP contribution in [-0.4, -0.2) is 18.8 Å². The van der Waals surface area contributed by atoms with Crippen molar-refractivity contribution in [1.29, 1.82) is 0 Å². The zero-order chi connectivity index (χ0) is 9.78. The molecule has 0 fully saturated rings. The van der Waals surface area contributed by atoms with Crippen LogP contribution in [0.3, 0.4) is 0 Å². The minimum absolute atomic E-state index is 0.0787. The van der Waals surface area contributed by atoms with E-state index in [0.29, 0.717) is 0 Å². The van der Waals surface area contributed by atoms with E-state index in [-0.39, 0.29) is 18.1 Å². The minimum atomic E-state index is -0.818. The molecule has 1 unspecified atom stereocenters. The summed E-state index contributed by atoms with van der Waals surface area (Å²) in [5.41, 5.74) is 4.60. The fraction of sp³-hybridized carbons (Fsp3) is 0.857. The number of primary amides is 1. The lowest BCUT2D eigenvalue weighted by molar-refractivity contribution is -0.0534. The highest BCUT2D eigenvalue weighted by Gasteiger charge is 2.26. The van der Waals surface area contributed by atoms with Gasteiger partial charge in [0.15, 0.2) is 0 Å². The Balaban J connectivity index is 3.92. The summed E-state index contributed by atoms with van der Waals surface area (Å²) in [5, 5.41) is 0. The van der Waals surface area contributed by atoms with E-state index in [1.165, 1.54) is 0 Å². The van der Waals surface area contributed by atoms with Crippen molar-refractivity contribution in [3.63, 3.8) is 0 Å². The van der Waals surface area contributed by atoms with Crippen molar-refractivity contribution in [2.24, 2.45) is 17.0 Å². The summed E-state index contributed by atoms with van der Waals surface area (Å²) >= 11 is 0. The molecule has 0 aromatic carbocycles. The molecule has 0 aromatic heterocycles. The Morgan fingerprint density at radius 2 is 2.00 bits per heavy atom. The topological polar surface area (TPSA) is 87.6 Å². The highest BCUT2D eigenvalue weighted by atomic mass is 16.6. The van der Waals surface area contributed by atoms with Crippen molar-refractivity contribution in [2.45, 2.75) is 26.9 Å². The molecule has 72 valence electrons. The molecule has 0 aliphatic carbocycles. The number of carbonyl (C=O) groups is 1. The average Bonchev–Trinajstić information content (AvgIpc) is 1.85. The first kappa shape index (κ1) is 11.2. The van der Waals surface area contributed by atoms with Gasteiger partial charge in [-0.2, -0.15) is 0 Å². The van der Waals surface area contributed by atoms with E-state index >= 15 is 0 Å². The fourth-order valence-electron chi connectivity index (χ4n) is 0.651. The van der Waals surface area contributed by atoms with E-state index in [1.54, 1.807) is 0 Å². The molecule has 1 atom stereocenters. The van der Waals surface area contributed by atoms with E-state index in [9.17, 15) is 4.79 Å². The van der Waals surface area contributed by atoms with Gasteiger partial charge in [0.1, 0.15) is 12.7 Å². The molecular weight excluding hydrogens is 160 g/mol. The highest BCUT2D eigenvalue weighted by Crippen LogP contribution is 2.21. The zero-order valence-corrected chi connectivity index (χ0v) is 7.66. The number of nitrogens with two attached hydrogens (primary N) is 2. The Kier molecular flexibility index (Phi) is 3.99. The third kappa shape index (κ3) is 4.15. The van der Waals surface area contributed by atoms with Crippen LogP contribution in [0.5, 0.6) is 0 Å². The van der Waals surface area contributed by atoms with Gasteiger partial charge >= 0.3 is 6.09 Å². The van der Waals surface area contributed by atoms with Gasteiger partial charge in [-0.25, -0.2) is 10.7 Å². The smallest absolute Gasteiger partial charge is 0.404 e. The second-order valence-electron chi connectivity index (χ2n) is 3.62. The molecule has 4 N–H and O–H groups in total. The van der Waals surface area contributed by atoms with Crippen molar-refractivity contribution in [3.8, 4) is 0 Å². The van der Waals surface area contributed by atoms with Gasteiger partial charge in [-0.3, -0.25) is 4.84 Å². The van der Waals surface area contributed by atoms with E-state index in [4.69, 9.17) is 11.6 Å². The highest BCUT2D eigenvalue weighted by molar-refractivity contribution is 5.64. The van der Waals surface area contributed by atoms with Gasteiger partial charge in [-0.15, -0.1) is 0 Å². The predicted molar refractivity (Wildman–Crippen MR) is 44.1 cm³/mol. The van der Waals surface area contributed by atoms with Crippen LogP contribution in [0.4, 0.5) is 4.79 Å². The molecule has 1 amide bonds. The molecule has 0 radical (unpaired) electrons. The number of rotatable bonds is 3. The normalized spacial score (nSPS) is 14.0. The molecule has 0 aromatic rings. The van der Waals surface area contributed by atoms with Crippen LogP contribution in [0.1, 0.15) is 20.8 Å². The van der Waals surface area contributed by atoms with Crippen LogP contribution >= 0.6 is 0 Å². The van der Waals surface area contributed by atoms with Crippen LogP contribution in [0, 0.1) is 5.41 Å². The summed E-state index contributed by atoms with van der Waals surface area (Å²) in [6, 6.07) is 0. The predicted octanol–water partition coefficient (Wildman–Crippen LogP) is 0.387. The summed E-state index contributed by atoms with van der Waals surface area (Å²) < 4.78 is 4.56. The Morgan fingerprint density at radius 1 is 1.50 bits per heavy atom. The number of hydrogen-bond donors (Lipinski definition) is 2. The standard InChI is InChI=1S/C7H16N2O3/c1-7(2,3)5(12-9)4-11-6(8)10/h5H,4,9H2,1-3H3,(H2,8,10). The average molecular weight is 176 g/mol. The van der Waals surface area contributed by atoms with Gasteiger partial charge in [-0.05, 0) is 5.41 Å². The lowest BCUT2D eigenvalue weighted by atomic mass is 9.90. The molecule has 0 saturated carbocycles. The van der Waals surface area contributed by atoms with Gasteiger partial charge in [-0.1, -0.05) is 20.8 Å². The first-order valence-corrected chi connectivity index (χ1v) is 3.65. The number of ether oxygens (including phenoxy) is 1. The number of amides is 1. The van der Waals surface area contributed by atoms with Crippen molar-refractivity contribution in [3.05, 3.63) is 0 Å². The third-order valence-corrected chi connectivity index (χ3v) is 1.51. The van der Waals surface area contributed by atoms with E-state index < -0.39 is 6.09 Å². The van der Waals surface area contributed by atoms with Crippen molar-refractivity contribution < 1.29 is 14.4 Å². The second kappa shape index (κ2) is 4.27. The summed E-state index contributed by atoms with van der Waals surface area (Å²) in [5.74, 6) is 5.01. The molecule has 0 spiro atoms. The summed E-state index contributed by atoms with van der Waals surface area (Å²) in [4.78, 5) is 14.9.